The van der Waals surface area contributed by atoms with Gasteiger partial charge in [-0.3, -0.25) is 4.79 Å². The largest absolute Gasteiger partial charge is 0.416 e. The Hall–Kier alpha value is -2.41. The number of likely N-dealkylation sites (tertiary alicyclic amines) is 1. The summed E-state index contributed by atoms with van der Waals surface area (Å²) in [7, 11) is 0.00198. The van der Waals surface area contributed by atoms with Crippen LogP contribution in [0.3, 0.4) is 0 Å². The molecule has 1 aromatic heterocycles. The Kier molecular flexibility index (Phi) is 9.60. The van der Waals surface area contributed by atoms with Gasteiger partial charge in [0.15, 0.2) is 0 Å². The van der Waals surface area contributed by atoms with E-state index in [1.54, 1.807) is 0 Å². The highest BCUT2D eigenvalue weighted by Crippen LogP contribution is 2.39. The zero-order chi connectivity index (χ0) is 30.9. The summed E-state index contributed by atoms with van der Waals surface area (Å²) >= 11 is 0. The number of hydrogen-bond acceptors (Lipinski definition) is 5. The van der Waals surface area contributed by atoms with Gasteiger partial charge in [0.25, 0.3) is 0 Å². The first kappa shape index (κ1) is 32.0. The smallest absolute Gasteiger partial charge is 0.353 e. The number of alkyl halides is 3. The number of piperidine rings is 1. The summed E-state index contributed by atoms with van der Waals surface area (Å²) in [6, 6.07) is 8.01. The quantitative estimate of drug-likeness (QED) is 0.460. The van der Waals surface area contributed by atoms with Crippen LogP contribution in [0, 0.1) is 5.92 Å². The molecule has 2 aliphatic heterocycles. The van der Waals surface area contributed by atoms with Gasteiger partial charge in [0.1, 0.15) is 0 Å². The second-order valence-corrected chi connectivity index (χ2v) is 14.6. The molecule has 1 amide bonds. The number of carbonyl (C=O) groups is 1. The number of fused-ring (bicyclic) bond motifs is 1. The molecule has 1 aromatic carbocycles. The first-order valence-corrected chi connectivity index (χ1v) is 16.8. The van der Waals surface area contributed by atoms with Crippen LogP contribution >= 0.6 is 0 Å². The number of aromatic nitrogens is 1. The number of nitrogens with zero attached hydrogens (tertiary/aromatic N) is 4. The number of benzene rings is 1. The maximum absolute atomic E-state index is 13.8. The van der Waals surface area contributed by atoms with Gasteiger partial charge in [-0.15, -0.1) is 0 Å². The maximum atomic E-state index is 13.8. The normalized spacial score (nSPS) is 25.4. The summed E-state index contributed by atoms with van der Waals surface area (Å²) < 4.78 is 71.1. The average molecular weight is 624 g/mol. The highest BCUT2D eigenvalue weighted by atomic mass is 32.2. The van der Waals surface area contributed by atoms with Crippen LogP contribution < -0.4 is 5.32 Å². The molecule has 1 N–H and O–H groups in total. The second-order valence-electron chi connectivity index (χ2n) is 12.7. The van der Waals surface area contributed by atoms with Gasteiger partial charge in [0.2, 0.25) is 15.9 Å². The van der Waals surface area contributed by atoms with E-state index in [-0.39, 0.29) is 24.9 Å². The van der Waals surface area contributed by atoms with Crippen LogP contribution in [0.25, 0.3) is 0 Å². The van der Waals surface area contributed by atoms with Crippen LogP contribution in [0.5, 0.6) is 0 Å². The minimum atomic E-state index is -4.66. The van der Waals surface area contributed by atoms with Gasteiger partial charge in [-0.25, -0.2) is 8.42 Å². The van der Waals surface area contributed by atoms with E-state index in [0.717, 1.165) is 69.4 Å². The predicted octanol–water partition coefficient (Wildman–Crippen LogP) is 4.73. The molecule has 43 heavy (non-hydrogen) atoms. The number of halogens is 3. The van der Waals surface area contributed by atoms with Crippen molar-refractivity contribution in [2.45, 2.75) is 93.7 Å². The monoisotopic (exact) mass is 623 g/mol. The fourth-order valence-corrected chi connectivity index (χ4v) is 9.02. The number of rotatable bonds is 8. The predicted molar refractivity (Wildman–Crippen MR) is 159 cm³/mol. The molecule has 238 valence electrons. The summed E-state index contributed by atoms with van der Waals surface area (Å²) in [4.78, 5) is 17.9. The summed E-state index contributed by atoms with van der Waals surface area (Å²) in [6.45, 7) is 4.47. The molecule has 5 rings (SSSR count). The summed E-state index contributed by atoms with van der Waals surface area (Å²) in [6.07, 6.45) is 3.65. The Morgan fingerprint density at radius 2 is 1.79 bits per heavy atom. The molecule has 3 heterocycles. The molecule has 12 heteroatoms. The lowest BCUT2D eigenvalue weighted by atomic mass is 9.88. The van der Waals surface area contributed by atoms with Crippen molar-refractivity contribution >= 4 is 15.9 Å². The molecular formula is C31H44F3N5O3S. The summed E-state index contributed by atoms with van der Waals surface area (Å²) in [5.74, 6) is -0.525. The van der Waals surface area contributed by atoms with Crippen LogP contribution in [0.1, 0.15) is 69.2 Å². The maximum Gasteiger partial charge on any atom is 0.416 e. The van der Waals surface area contributed by atoms with E-state index in [1.165, 1.54) is 10.4 Å². The molecule has 0 bridgehead atoms. The van der Waals surface area contributed by atoms with Gasteiger partial charge in [-0.05, 0) is 102 Å². The van der Waals surface area contributed by atoms with Crippen LogP contribution in [0.4, 0.5) is 13.2 Å². The molecule has 2 aromatic rings. The third kappa shape index (κ3) is 7.13. The second kappa shape index (κ2) is 12.9. The lowest BCUT2D eigenvalue weighted by Gasteiger charge is -2.42. The zero-order valence-electron chi connectivity index (χ0n) is 25.3. The molecule has 1 saturated carbocycles. The molecular weight excluding hydrogens is 579 g/mol. The molecule has 3 aliphatic rings. The number of hydrogen-bond donors (Lipinski definition) is 1. The fourth-order valence-electron chi connectivity index (χ4n) is 7.29. The van der Waals surface area contributed by atoms with E-state index in [1.807, 2.05) is 29.8 Å². The molecule has 1 aliphatic carbocycles. The van der Waals surface area contributed by atoms with Crippen LogP contribution in [-0.2, 0) is 27.5 Å². The first-order chi connectivity index (χ1) is 20.3. The van der Waals surface area contributed by atoms with Gasteiger partial charge in [-0.1, -0.05) is 13.0 Å². The van der Waals surface area contributed by atoms with Crippen molar-refractivity contribution in [3.63, 3.8) is 0 Å². The highest BCUT2D eigenvalue weighted by molar-refractivity contribution is 7.89. The summed E-state index contributed by atoms with van der Waals surface area (Å²) in [5, 5.41) is 3.24. The van der Waals surface area contributed by atoms with Gasteiger partial charge in [-0.2, -0.15) is 17.5 Å². The Labute approximate surface area is 253 Å². The standard InChI is InChI=1S/C31H44F3N5O3S/c1-22(19-29(40)35-24-8-5-9-26(21-24)37-15-12-25(13-16-37)36(2)3)30-28-11-6-14-38(28)17-18-39(30)43(41,42)27-10-4-7-23(20-27)31(32,33)34/h4,6-7,10-11,14,20,22,24-26,30H,5,8-9,12-13,15-19,21H2,1-3H3,(H,35,40). The van der Waals surface area contributed by atoms with Crippen molar-refractivity contribution in [1.29, 1.82) is 0 Å². The zero-order valence-corrected chi connectivity index (χ0v) is 26.1. The van der Waals surface area contributed by atoms with Gasteiger partial charge >= 0.3 is 6.18 Å². The Bertz CT molecular complexity index is 1370. The van der Waals surface area contributed by atoms with Crippen molar-refractivity contribution in [3.05, 3.63) is 53.9 Å². The SMILES string of the molecule is CC(CC(=O)NC1CCCC(N2CCC(N(C)C)CC2)C1)C1c2cccn2CCN1S(=O)(=O)c1cccc(C(F)(F)F)c1. The molecule has 0 spiro atoms. The van der Waals surface area contributed by atoms with Gasteiger partial charge < -0.3 is 19.7 Å². The molecule has 4 unspecified atom stereocenters. The number of sulfonamides is 1. The highest BCUT2D eigenvalue weighted by Gasteiger charge is 2.41. The first-order valence-electron chi connectivity index (χ1n) is 15.4. The lowest BCUT2D eigenvalue weighted by Crippen LogP contribution is -2.50. The topological polar surface area (TPSA) is 77.9 Å². The molecule has 2 fully saturated rings. The van der Waals surface area contributed by atoms with Crippen LogP contribution in [0.15, 0.2) is 47.5 Å². The van der Waals surface area contributed by atoms with Gasteiger partial charge in [0.05, 0.1) is 16.5 Å². The van der Waals surface area contributed by atoms with E-state index in [9.17, 15) is 26.4 Å². The Morgan fingerprint density at radius 3 is 2.49 bits per heavy atom. The number of nitrogens with one attached hydrogen (secondary N) is 1. The molecule has 0 radical (unpaired) electrons. The Morgan fingerprint density at radius 1 is 1.05 bits per heavy atom. The van der Waals surface area contributed by atoms with Gasteiger partial charge in [0, 0.05) is 49.5 Å². The summed E-state index contributed by atoms with van der Waals surface area (Å²) in [5.41, 5.74) is -0.272. The minimum absolute atomic E-state index is 0.0742. The van der Waals surface area contributed by atoms with E-state index in [4.69, 9.17) is 0 Å². The van der Waals surface area contributed by atoms with Crippen molar-refractivity contribution in [2.24, 2.45) is 5.92 Å². The third-order valence-corrected chi connectivity index (χ3v) is 11.5. The lowest BCUT2D eigenvalue weighted by molar-refractivity contribution is -0.137. The molecule has 4 atom stereocenters. The third-order valence-electron chi connectivity index (χ3n) is 9.61. The Balaban J connectivity index is 1.27. The van der Waals surface area contributed by atoms with E-state index in [2.05, 4.69) is 29.2 Å². The number of amides is 1. The average Bonchev–Trinajstić information content (AvgIpc) is 3.45. The fraction of sp³-hybridized carbons (Fsp3) is 0.645. The van der Waals surface area contributed by atoms with Crippen LogP contribution in [0.2, 0.25) is 0 Å². The minimum Gasteiger partial charge on any atom is -0.353 e. The van der Waals surface area contributed by atoms with Crippen molar-refractivity contribution in [1.82, 2.24) is 24.0 Å². The van der Waals surface area contributed by atoms with Crippen molar-refractivity contribution < 1.29 is 26.4 Å². The van der Waals surface area contributed by atoms with Crippen molar-refractivity contribution in [3.8, 4) is 0 Å². The van der Waals surface area contributed by atoms with E-state index < -0.39 is 38.6 Å². The van der Waals surface area contributed by atoms with Crippen LogP contribution in [-0.4, -0.2) is 84.9 Å². The van der Waals surface area contributed by atoms with E-state index in [0.29, 0.717) is 24.7 Å². The number of carbonyl (C=O) groups excluding carboxylic acids is 1. The van der Waals surface area contributed by atoms with Crippen molar-refractivity contribution in [2.75, 3.05) is 33.7 Å². The van der Waals surface area contributed by atoms with E-state index >= 15 is 0 Å². The molecule has 1 saturated heterocycles. The molecule has 8 nitrogen and oxygen atoms in total.